The number of anilines is 2. The Morgan fingerprint density at radius 3 is 2.61 bits per heavy atom. The molecule has 0 amide bonds. The Balaban J connectivity index is 1.49. The molecule has 0 aliphatic heterocycles. The Hall–Kier alpha value is -2.77. The van der Waals surface area contributed by atoms with Crippen LogP contribution in [0.1, 0.15) is 5.56 Å². The van der Waals surface area contributed by atoms with Crippen LogP contribution >= 0.6 is 28.1 Å². The van der Waals surface area contributed by atoms with Gasteiger partial charge in [-0.1, -0.05) is 54.6 Å². The average Bonchev–Trinajstić information content (AvgIpc) is 3.03. The van der Waals surface area contributed by atoms with Crippen molar-refractivity contribution in [3.8, 4) is 0 Å². The van der Waals surface area contributed by atoms with Gasteiger partial charge in [-0.2, -0.15) is 5.10 Å². The summed E-state index contributed by atoms with van der Waals surface area (Å²) in [5, 5.41) is 13.4. The van der Waals surface area contributed by atoms with Crippen molar-refractivity contribution in [1.29, 1.82) is 0 Å². The quantitative estimate of drug-likeness (QED) is 0.382. The molecule has 7 heteroatoms. The standard InChI is InChI=1S/C21H16BrFN4S/c22-17-13-27(12-15-7-2-4-10-18(15)23)26-20(17)25-21(28)24-19-11-5-8-14-6-1-3-9-16(14)19/h1-11,13H,12H2,(H2,24,25,26,28). The van der Waals surface area contributed by atoms with E-state index in [1.807, 2.05) is 30.3 Å². The molecule has 0 radical (unpaired) electrons. The van der Waals surface area contributed by atoms with E-state index in [0.29, 0.717) is 23.0 Å². The summed E-state index contributed by atoms with van der Waals surface area (Å²) < 4.78 is 16.3. The first kappa shape index (κ1) is 18.6. The number of halogens is 2. The van der Waals surface area contributed by atoms with E-state index >= 15 is 0 Å². The summed E-state index contributed by atoms with van der Waals surface area (Å²) in [6.07, 6.45) is 1.79. The Bertz CT molecular complexity index is 1150. The lowest BCUT2D eigenvalue weighted by molar-refractivity contribution is 0.586. The number of nitrogens with zero attached hydrogens (tertiary/aromatic N) is 2. The summed E-state index contributed by atoms with van der Waals surface area (Å²) in [5.41, 5.74) is 1.48. The maximum Gasteiger partial charge on any atom is 0.176 e. The third kappa shape index (κ3) is 4.05. The predicted molar refractivity (Wildman–Crippen MR) is 119 cm³/mol. The monoisotopic (exact) mass is 454 g/mol. The van der Waals surface area contributed by atoms with Crippen LogP contribution in [0.3, 0.4) is 0 Å². The Kier molecular flexibility index (Phi) is 5.36. The van der Waals surface area contributed by atoms with Crippen LogP contribution in [0.5, 0.6) is 0 Å². The molecule has 0 fully saturated rings. The van der Waals surface area contributed by atoms with Crippen molar-refractivity contribution in [3.63, 3.8) is 0 Å². The molecule has 2 N–H and O–H groups in total. The first-order chi connectivity index (χ1) is 13.6. The Morgan fingerprint density at radius 1 is 1.00 bits per heavy atom. The third-order valence-electron chi connectivity index (χ3n) is 4.28. The van der Waals surface area contributed by atoms with Crippen molar-refractivity contribution in [2.45, 2.75) is 6.54 Å². The van der Waals surface area contributed by atoms with Crippen molar-refractivity contribution in [2.24, 2.45) is 0 Å². The highest BCUT2D eigenvalue weighted by molar-refractivity contribution is 9.10. The van der Waals surface area contributed by atoms with Crippen LogP contribution in [-0.2, 0) is 6.54 Å². The van der Waals surface area contributed by atoms with Gasteiger partial charge < -0.3 is 10.6 Å². The van der Waals surface area contributed by atoms with Crippen LogP contribution in [0.25, 0.3) is 10.8 Å². The SMILES string of the molecule is Fc1ccccc1Cn1cc(Br)c(NC(=S)Nc2cccc3ccccc23)n1. The lowest BCUT2D eigenvalue weighted by atomic mass is 10.1. The van der Waals surface area contributed by atoms with Crippen molar-refractivity contribution >= 4 is 55.5 Å². The lowest BCUT2D eigenvalue weighted by Crippen LogP contribution is -2.20. The minimum atomic E-state index is -0.253. The van der Waals surface area contributed by atoms with Crippen LogP contribution in [0, 0.1) is 5.82 Å². The summed E-state index contributed by atoms with van der Waals surface area (Å²) >= 11 is 8.92. The van der Waals surface area contributed by atoms with Crippen LogP contribution in [0.4, 0.5) is 15.9 Å². The van der Waals surface area contributed by atoms with E-state index in [0.717, 1.165) is 20.9 Å². The highest BCUT2D eigenvalue weighted by Crippen LogP contribution is 2.24. The van der Waals surface area contributed by atoms with Crippen LogP contribution < -0.4 is 10.6 Å². The first-order valence-electron chi connectivity index (χ1n) is 8.62. The minimum absolute atomic E-state index is 0.253. The molecule has 0 saturated carbocycles. The number of thiocarbonyl (C=S) groups is 1. The lowest BCUT2D eigenvalue weighted by Gasteiger charge is -2.11. The molecule has 3 aromatic carbocycles. The minimum Gasteiger partial charge on any atom is -0.332 e. The maximum atomic E-state index is 13.9. The smallest absolute Gasteiger partial charge is 0.176 e. The molecular formula is C21H16BrFN4S. The van der Waals surface area contributed by atoms with E-state index in [4.69, 9.17) is 12.2 Å². The molecule has 140 valence electrons. The molecule has 0 spiro atoms. The van der Waals surface area contributed by atoms with Gasteiger partial charge in [0.2, 0.25) is 0 Å². The zero-order valence-corrected chi connectivity index (χ0v) is 17.1. The van der Waals surface area contributed by atoms with E-state index < -0.39 is 0 Å². The summed E-state index contributed by atoms with van der Waals surface area (Å²) in [4.78, 5) is 0. The van der Waals surface area contributed by atoms with Crippen molar-refractivity contribution in [2.75, 3.05) is 10.6 Å². The van der Waals surface area contributed by atoms with Gasteiger partial charge in [0.05, 0.1) is 11.0 Å². The van der Waals surface area contributed by atoms with Gasteiger partial charge in [-0.25, -0.2) is 4.39 Å². The maximum absolute atomic E-state index is 13.9. The van der Waals surface area contributed by atoms with E-state index in [-0.39, 0.29) is 5.82 Å². The summed E-state index contributed by atoms with van der Waals surface area (Å²) in [5.74, 6) is 0.311. The van der Waals surface area contributed by atoms with Gasteiger partial charge in [-0.15, -0.1) is 0 Å². The molecule has 28 heavy (non-hydrogen) atoms. The van der Waals surface area contributed by atoms with Crippen LogP contribution in [0.15, 0.2) is 77.4 Å². The zero-order valence-electron chi connectivity index (χ0n) is 14.7. The molecule has 0 unspecified atom stereocenters. The highest BCUT2D eigenvalue weighted by Gasteiger charge is 2.11. The molecule has 0 aliphatic rings. The summed E-state index contributed by atoms with van der Waals surface area (Å²) in [6.45, 7) is 0.330. The van der Waals surface area contributed by atoms with Crippen LogP contribution in [0.2, 0.25) is 0 Å². The van der Waals surface area contributed by atoms with E-state index in [9.17, 15) is 4.39 Å². The second kappa shape index (κ2) is 8.08. The normalized spacial score (nSPS) is 10.8. The Morgan fingerprint density at radius 2 is 1.75 bits per heavy atom. The van der Waals surface area contributed by atoms with Gasteiger partial charge in [-0.3, -0.25) is 4.68 Å². The number of fused-ring (bicyclic) bond motifs is 1. The largest absolute Gasteiger partial charge is 0.332 e. The first-order valence-corrected chi connectivity index (χ1v) is 9.82. The van der Waals surface area contributed by atoms with Gasteiger partial charge in [-0.05, 0) is 45.7 Å². The fourth-order valence-corrected chi connectivity index (χ4v) is 3.58. The predicted octanol–water partition coefficient (Wildman–Crippen LogP) is 5.80. The molecule has 1 aromatic heterocycles. The number of nitrogens with one attached hydrogen (secondary N) is 2. The second-order valence-electron chi connectivity index (χ2n) is 6.22. The fraction of sp³-hybridized carbons (Fsp3) is 0.0476. The molecular weight excluding hydrogens is 439 g/mol. The van der Waals surface area contributed by atoms with Gasteiger partial charge >= 0.3 is 0 Å². The van der Waals surface area contributed by atoms with Gasteiger partial charge in [0.15, 0.2) is 10.9 Å². The molecule has 0 atom stereocenters. The number of aromatic nitrogens is 2. The topological polar surface area (TPSA) is 41.9 Å². The number of benzene rings is 3. The van der Waals surface area contributed by atoms with Crippen molar-refractivity contribution in [3.05, 3.63) is 88.8 Å². The number of rotatable bonds is 4. The third-order valence-corrected chi connectivity index (χ3v) is 5.06. The molecule has 0 bridgehead atoms. The van der Waals surface area contributed by atoms with Crippen LogP contribution in [-0.4, -0.2) is 14.9 Å². The van der Waals surface area contributed by atoms with E-state index in [1.54, 1.807) is 29.1 Å². The zero-order chi connectivity index (χ0) is 19.5. The molecule has 4 rings (SSSR count). The highest BCUT2D eigenvalue weighted by atomic mass is 79.9. The molecule has 0 saturated heterocycles. The summed E-state index contributed by atoms with van der Waals surface area (Å²) in [6, 6.07) is 20.7. The fourth-order valence-electron chi connectivity index (χ4n) is 2.96. The number of hydrogen-bond donors (Lipinski definition) is 2. The van der Waals surface area contributed by atoms with Gasteiger partial charge in [0, 0.05) is 22.8 Å². The Labute approximate surface area is 175 Å². The average molecular weight is 455 g/mol. The number of hydrogen-bond acceptors (Lipinski definition) is 2. The van der Waals surface area contributed by atoms with Crippen molar-refractivity contribution in [1.82, 2.24) is 9.78 Å². The van der Waals surface area contributed by atoms with E-state index in [1.165, 1.54) is 6.07 Å². The molecule has 0 aliphatic carbocycles. The molecule has 4 aromatic rings. The van der Waals surface area contributed by atoms with Crippen molar-refractivity contribution < 1.29 is 4.39 Å². The van der Waals surface area contributed by atoms with Gasteiger partial charge in [0.25, 0.3) is 0 Å². The molecule has 1 heterocycles. The second-order valence-corrected chi connectivity index (χ2v) is 7.48. The summed E-state index contributed by atoms with van der Waals surface area (Å²) in [7, 11) is 0. The molecule has 4 nitrogen and oxygen atoms in total. The van der Waals surface area contributed by atoms with Gasteiger partial charge in [0.1, 0.15) is 5.82 Å². The van der Waals surface area contributed by atoms with E-state index in [2.05, 4.69) is 43.8 Å².